The normalized spacial score (nSPS) is 18.2. The van der Waals surface area contributed by atoms with E-state index in [2.05, 4.69) is 9.78 Å². The lowest BCUT2D eigenvalue weighted by Crippen LogP contribution is -2.32. The first-order valence-electron chi connectivity index (χ1n) is 5.97. The average molecular weight is 265 g/mol. The highest BCUT2D eigenvalue weighted by Crippen LogP contribution is 2.29. The van der Waals surface area contributed by atoms with Gasteiger partial charge in [-0.3, -0.25) is 9.68 Å². The van der Waals surface area contributed by atoms with Gasteiger partial charge in [0.2, 0.25) is 0 Å². The molecule has 0 aliphatic carbocycles. The van der Waals surface area contributed by atoms with Gasteiger partial charge < -0.3 is 9.64 Å². The molecule has 0 radical (unpaired) electrons. The molecule has 1 aromatic rings. The number of carbonyl (C=O) groups is 2. The van der Waals surface area contributed by atoms with Crippen LogP contribution < -0.4 is 4.90 Å². The number of carbonyl (C=O) groups excluding carboxylic acids is 2. The Morgan fingerprint density at radius 3 is 2.95 bits per heavy atom. The fourth-order valence-electron chi connectivity index (χ4n) is 2.26. The van der Waals surface area contributed by atoms with Crippen molar-refractivity contribution in [2.24, 2.45) is 0 Å². The molecule has 2 rings (SSSR count). The maximum Gasteiger partial charge on any atom is 0.388 e. The molecule has 6 nitrogen and oxygen atoms in total. The standard InChI is InChI=1S/C13H15NO5/c1-17-12-7-4-8-14(12)11-6-3-2-5-10(11)13(16)19-18-9-15/h2-3,5-6,9,12H,4,7-8H2,1H3. The molecule has 1 heterocycles. The topological polar surface area (TPSA) is 65.1 Å². The molecular formula is C13H15NO5. The summed E-state index contributed by atoms with van der Waals surface area (Å²) < 4.78 is 5.38. The Morgan fingerprint density at radius 2 is 2.21 bits per heavy atom. The second-order valence-electron chi connectivity index (χ2n) is 4.11. The number of nitrogens with zero attached hydrogens (tertiary/aromatic N) is 1. The molecule has 19 heavy (non-hydrogen) atoms. The van der Waals surface area contributed by atoms with Gasteiger partial charge in [0.25, 0.3) is 0 Å². The Hall–Kier alpha value is -2.08. The summed E-state index contributed by atoms with van der Waals surface area (Å²) in [6, 6.07) is 6.99. The van der Waals surface area contributed by atoms with Crippen molar-refractivity contribution >= 4 is 18.1 Å². The number of ether oxygens (including phenoxy) is 1. The van der Waals surface area contributed by atoms with Gasteiger partial charge in [-0.05, 0) is 25.0 Å². The molecule has 1 aromatic carbocycles. The van der Waals surface area contributed by atoms with Crippen LogP contribution in [0.3, 0.4) is 0 Å². The summed E-state index contributed by atoms with van der Waals surface area (Å²) in [6.07, 6.45) is 1.85. The minimum atomic E-state index is -0.704. The molecule has 1 unspecified atom stereocenters. The minimum absolute atomic E-state index is 0.0547. The zero-order valence-electron chi connectivity index (χ0n) is 10.6. The Bertz CT molecular complexity index is 462. The number of hydrogen-bond acceptors (Lipinski definition) is 6. The fourth-order valence-corrected chi connectivity index (χ4v) is 2.26. The molecule has 1 atom stereocenters. The first kappa shape index (κ1) is 13.4. The molecule has 1 aliphatic heterocycles. The smallest absolute Gasteiger partial charge is 0.362 e. The Morgan fingerprint density at radius 1 is 1.42 bits per heavy atom. The van der Waals surface area contributed by atoms with Gasteiger partial charge in [-0.2, -0.15) is 0 Å². The first-order chi connectivity index (χ1) is 9.27. The quantitative estimate of drug-likeness (QED) is 0.456. The van der Waals surface area contributed by atoms with Gasteiger partial charge in [0.15, 0.2) is 0 Å². The fraction of sp³-hybridized carbons (Fsp3) is 0.385. The van der Waals surface area contributed by atoms with Crippen LogP contribution in [-0.2, 0) is 19.3 Å². The molecule has 0 amide bonds. The molecular weight excluding hydrogens is 250 g/mol. The van der Waals surface area contributed by atoms with Gasteiger partial charge >= 0.3 is 12.4 Å². The third kappa shape index (κ3) is 2.85. The predicted octanol–water partition coefficient (Wildman–Crippen LogP) is 1.50. The van der Waals surface area contributed by atoms with E-state index in [1.54, 1.807) is 19.2 Å². The molecule has 102 valence electrons. The third-order valence-electron chi connectivity index (χ3n) is 3.07. The Balaban J connectivity index is 2.25. The summed E-state index contributed by atoms with van der Waals surface area (Å²) in [6.45, 7) is 0.867. The van der Waals surface area contributed by atoms with E-state index in [0.29, 0.717) is 11.3 Å². The van der Waals surface area contributed by atoms with Crippen LogP contribution in [0, 0.1) is 0 Å². The maximum absolute atomic E-state index is 11.8. The minimum Gasteiger partial charge on any atom is -0.362 e. The lowest BCUT2D eigenvalue weighted by atomic mass is 10.1. The zero-order chi connectivity index (χ0) is 13.7. The summed E-state index contributed by atoms with van der Waals surface area (Å²) >= 11 is 0. The van der Waals surface area contributed by atoms with Crippen LogP contribution in [0.2, 0.25) is 0 Å². The van der Waals surface area contributed by atoms with Gasteiger partial charge in [-0.25, -0.2) is 9.68 Å². The molecule has 1 fully saturated rings. The van der Waals surface area contributed by atoms with Crippen molar-refractivity contribution in [3.05, 3.63) is 29.8 Å². The number of para-hydroxylation sites is 1. The molecule has 0 N–H and O–H groups in total. The van der Waals surface area contributed by atoms with Crippen LogP contribution in [0.15, 0.2) is 24.3 Å². The zero-order valence-corrected chi connectivity index (χ0v) is 10.6. The van der Waals surface area contributed by atoms with Gasteiger partial charge in [0, 0.05) is 13.7 Å². The van der Waals surface area contributed by atoms with Gasteiger partial charge in [0.1, 0.15) is 6.23 Å². The van der Waals surface area contributed by atoms with E-state index in [1.165, 1.54) is 0 Å². The van der Waals surface area contributed by atoms with E-state index in [4.69, 9.17) is 4.74 Å². The first-order valence-corrected chi connectivity index (χ1v) is 5.97. The van der Waals surface area contributed by atoms with Crippen molar-refractivity contribution in [3.8, 4) is 0 Å². The van der Waals surface area contributed by atoms with Crippen molar-refractivity contribution in [1.29, 1.82) is 0 Å². The van der Waals surface area contributed by atoms with Crippen molar-refractivity contribution in [2.45, 2.75) is 19.1 Å². The molecule has 0 saturated carbocycles. The lowest BCUT2D eigenvalue weighted by molar-refractivity contribution is -0.218. The third-order valence-corrected chi connectivity index (χ3v) is 3.07. The number of hydrogen-bond donors (Lipinski definition) is 0. The van der Waals surface area contributed by atoms with Crippen LogP contribution in [0.4, 0.5) is 5.69 Å². The van der Waals surface area contributed by atoms with Crippen molar-refractivity contribution in [1.82, 2.24) is 0 Å². The predicted molar refractivity (Wildman–Crippen MR) is 66.4 cm³/mol. The summed E-state index contributed by atoms with van der Waals surface area (Å²) in [5.41, 5.74) is 1.06. The van der Waals surface area contributed by atoms with Crippen LogP contribution in [0.25, 0.3) is 0 Å². The highest BCUT2D eigenvalue weighted by atomic mass is 17.2. The molecule has 0 aromatic heterocycles. The van der Waals surface area contributed by atoms with Crippen LogP contribution >= 0.6 is 0 Å². The van der Waals surface area contributed by atoms with Crippen LogP contribution in [0.5, 0.6) is 0 Å². The van der Waals surface area contributed by atoms with Gasteiger partial charge in [0.05, 0.1) is 11.3 Å². The number of benzene rings is 1. The summed E-state index contributed by atoms with van der Waals surface area (Å²) in [5, 5.41) is 0. The highest BCUT2D eigenvalue weighted by molar-refractivity contribution is 5.95. The summed E-state index contributed by atoms with van der Waals surface area (Å²) in [4.78, 5) is 32.3. The van der Waals surface area contributed by atoms with E-state index in [0.717, 1.165) is 19.4 Å². The molecule has 1 saturated heterocycles. The van der Waals surface area contributed by atoms with Gasteiger partial charge in [-0.1, -0.05) is 12.1 Å². The molecule has 0 bridgehead atoms. The molecule has 0 spiro atoms. The van der Waals surface area contributed by atoms with Crippen LogP contribution in [-0.4, -0.2) is 32.3 Å². The average Bonchev–Trinajstić information content (AvgIpc) is 2.93. The highest BCUT2D eigenvalue weighted by Gasteiger charge is 2.28. The van der Waals surface area contributed by atoms with E-state index >= 15 is 0 Å². The van der Waals surface area contributed by atoms with Crippen molar-refractivity contribution in [2.75, 3.05) is 18.6 Å². The van der Waals surface area contributed by atoms with E-state index in [9.17, 15) is 9.59 Å². The Kier molecular flexibility index (Phi) is 4.35. The summed E-state index contributed by atoms with van der Waals surface area (Å²) in [5.74, 6) is -0.704. The van der Waals surface area contributed by atoms with E-state index in [1.807, 2.05) is 17.0 Å². The number of rotatable bonds is 5. The number of anilines is 1. The SMILES string of the molecule is COC1CCCN1c1ccccc1C(=O)OOC=O. The van der Waals surface area contributed by atoms with Gasteiger partial charge in [-0.15, -0.1) is 0 Å². The van der Waals surface area contributed by atoms with Crippen LogP contribution in [0.1, 0.15) is 23.2 Å². The van der Waals surface area contributed by atoms with E-state index < -0.39 is 5.97 Å². The largest absolute Gasteiger partial charge is 0.388 e. The maximum atomic E-state index is 11.8. The number of methoxy groups -OCH3 is 1. The monoisotopic (exact) mass is 265 g/mol. The molecule has 6 heteroatoms. The Labute approximate surface area is 110 Å². The molecule has 1 aliphatic rings. The lowest BCUT2D eigenvalue weighted by Gasteiger charge is -2.26. The van der Waals surface area contributed by atoms with Crippen molar-refractivity contribution in [3.63, 3.8) is 0 Å². The second-order valence-corrected chi connectivity index (χ2v) is 4.11. The van der Waals surface area contributed by atoms with Crippen molar-refractivity contribution < 1.29 is 24.1 Å². The second kappa shape index (κ2) is 6.19. The summed E-state index contributed by atoms with van der Waals surface area (Å²) in [7, 11) is 1.64. The van der Waals surface area contributed by atoms with E-state index in [-0.39, 0.29) is 12.7 Å².